The molecule has 3 aromatic heterocycles. The molecule has 1 fully saturated rings. The van der Waals surface area contributed by atoms with Gasteiger partial charge >= 0.3 is 5.97 Å². The Bertz CT molecular complexity index is 1290. The Morgan fingerprint density at radius 3 is 2.56 bits per heavy atom. The van der Waals surface area contributed by atoms with Crippen LogP contribution in [0.4, 0.5) is 0 Å². The van der Waals surface area contributed by atoms with Crippen LogP contribution in [0.2, 0.25) is 0 Å². The van der Waals surface area contributed by atoms with Crippen LogP contribution in [0, 0.1) is 0 Å². The number of rotatable bonds is 6. The van der Waals surface area contributed by atoms with Gasteiger partial charge in [0.25, 0.3) is 0 Å². The molecule has 1 aromatic carbocycles. The minimum absolute atomic E-state index is 0.170. The number of pyridine rings is 2. The number of methoxy groups -OCH3 is 1. The number of thiocarbonyl (C=S) groups is 1. The monoisotopic (exact) mass is 470 g/mol. The maximum absolute atomic E-state index is 11.7. The molecule has 8 heteroatoms. The van der Waals surface area contributed by atoms with Crippen molar-refractivity contribution in [3.05, 3.63) is 108 Å². The van der Waals surface area contributed by atoms with Crippen LogP contribution in [0.15, 0.2) is 89.7 Å². The van der Waals surface area contributed by atoms with E-state index in [1.54, 1.807) is 30.7 Å². The first-order valence-electron chi connectivity index (χ1n) is 10.8. The van der Waals surface area contributed by atoms with E-state index < -0.39 is 0 Å². The van der Waals surface area contributed by atoms with Crippen LogP contribution < -0.4 is 5.32 Å². The summed E-state index contributed by atoms with van der Waals surface area (Å²) in [6.45, 7) is 0.603. The Kier molecular flexibility index (Phi) is 6.05. The van der Waals surface area contributed by atoms with E-state index in [-0.39, 0.29) is 18.1 Å². The molecule has 1 aliphatic rings. The van der Waals surface area contributed by atoms with E-state index in [0.717, 1.165) is 22.6 Å². The number of benzene rings is 1. The Morgan fingerprint density at radius 1 is 1.06 bits per heavy atom. The van der Waals surface area contributed by atoms with Crippen molar-refractivity contribution < 1.29 is 13.9 Å². The van der Waals surface area contributed by atoms with Crippen LogP contribution in [-0.2, 0) is 11.3 Å². The van der Waals surface area contributed by atoms with E-state index >= 15 is 0 Å². The van der Waals surface area contributed by atoms with Gasteiger partial charge in [-0.1, -0.05) is 18.2 Å². The average molecular weight is 471 g/mol. The number of carbonyl (C=O) groups excluding carboxylic acids is 1. The van der Waals surface area contributed by atoms with Crippen LogP contribution >= 0.6 is 12.2 Å². The summed E-state index contributed by atoms with van der Waals surface area (Å²) < 4.78 is 11.1. The standard InChI is InChI=1S/C26H22N4O3S/c1-32-25(31)19-7-5-18(6-8-19)21-9-10-22(33-21)24-23(20-4-2-3-13-28-20)29-26(34)30(24)16-17-11-14-27-15-12-17/h2-15,23-24H,16H2,1H3,(H,29,34)/t23-,24+/m0/s1. The van der Waals surface area contributed by atoms with Gasteiger partial charge in [0.05, 0.1) is 24.4 Å². The normalized spacial score (nSPS) is 17.4. The van der Waals surface area contributed by atoms with Crippen molar-refractivity contribution in [1.29, 1.82) is 0 Å². The molecule has 1 aliphatic heterocycles. The molecule has 2 atom stereocenters. The van der Waals surface area contributed by atoms with E-state index in [2.05, 4.69) is 20.2 Å². The van der Waals surface area contributed by atoms with Crippen molar-refractivity contribution in [3.63, 3.8) is 0 Å². The van der Waals surface area contributed by atoms with Crippen LogP contribution in [0.3, 0.4) is 0 Å². The third kappa shape index (κ3) is 4.27. The number of hydrogen-bond acceptors (Lipinski definition) is 6. The largest absolute Gasteiger partial charge is 0.465 e. The number of carbonyl (C=O) groups is 1. The summed E-state index contributed by atoms with van der Waals surface area (Å²) in [5.74, 6) is 1.10. The van der Waals surface area contributed by atoms with Gasteiger partial charge in [-0.15, -0.1) is 0 Å². The molecule has 0 saturated carbocycles. The quantitative estimate of drug-likeness (QED) is 0.321. The number of nitrogens with zero attached hydrogens (tertiary/aromatic N) is 3. The van der Waals surface area contributed by atoms with Crippen LogP contribution in [-0.4, -0.2) is 33.1 Å². The average Bonchev–Trinajstić information content (AvgIpc) is 3.50. The molecule has 0 spiro atoms. The SMILES string of the molecule is COC(=O)c1ccc(-c2ccc([C@@H]3[C@H](c4ccccn4)NC(=S)N3Cc3ccncc3)o2)cc1. The smallest absolute Gasteiger partial charge is 0.337 e. The highest BCUT2D eigenvalue weighted by Gasteiger charge is 2.41. The third-order valence-electron chi connectivity index (χ3n) is 5.81. The van der Waals surface area contributed by atoms with Gasteiger partial charge in [-0.25, -0.2) is 4.79 Å². The van der Waals surface area contributed by atoms with Gasteiger partial charge in [0.2, 0.25) is 0 Å². The van der Waals surface area contributed by atoms with Crippen molar-refractivity contribution in [3.8, 4) is 11.3 Å². The first kappa shape index (κ1) is 21.8. The summed E-state index contributed by atoms with van der Waals surface area (Å²) in [5.41, 5.74) is 3.33. The fraction of sp³-hybridized carbons (Fsp3) is 0.154. The molecule has 0 radical (unpaired) electrons. The molecule has 0 bridgehead atoms. The molecule has 1 N–H and O–H groups in total. The zero-order chi connectivity index (χ0) is 23.5. The van der Waals surface area contributed by atoms with Gasteiger partial charge in [-0.2, -0.15) is 0 Å². The van der Waals surface area contributed by atoms with Gasteiger partial charge in [0, 0.05) is 30.7 Å². The molecule has 4 aromatic rings. The molecule has 0 aliphatic carbocycles. The van der Waals surface area contributed by atoms with E-state index in [9.17, 15) is 4.79 Å². The lowest BCUT2D eigenvalue weighted by atomic mass is 10.0. The van der Waals surface area contributed by atoms with Crippen molar-refractivity contribution in [2.24, 2.45) is 0 Å². The maximum Gasteiger partial charge on any atom is 0.337 e. The minimum atomic E-state index is -0.373. The van der Waals surface area contributed by atoms with Gasteiger partial charge in [-0.3, -0.25) is 9.97 Å². The van der Waals surface area contributed by atoms with Crippen molar-refractivity contribution in [2.75, 3.05) is 7.11 Å². The predicted octanol–water partition coefficient (Wildman–Crippen LogP) is 4.70. The van der Waals surface area contributed by atoms with E-state index in [1.165, 1.54) is 7.11 Å². The topological polar surface area (TPSA) is 80.5 Å². The first-order valence-corrected chi connectivity index (χ1v) is 11.2. The van der Waals surface area contributed by atoms with Gasteiger partial charge in [0.1, 0.15) is 17.6 Å². The molecular weight excluding hydrogens is 448 g/mol. The number of nitrogens with one attached hydrogen (secondary N) is 1. The number of ether oxygens (including phenoxy) is 1. The maximum atomic E-state index is 11.7. The lowest BCUT2D eigenvalue weighted by molar-refractivity contribution is 0.0600. The highest BCUT2D eigenvalue weighted by molar-refractivity contribution is 7.80. The summed E-state index contributed by atoms with van der Waals surface area (Å²) in [6, 6.07) is 20.5. The van der Waals surface area contributed by atoms with Crippen molar-refractivity contribution in [1.82, 2.24) is 20.2 Å². The number of esters is 1. The van der Waals surface area contributed by atoms with Crippen molar-refractivity contribution >= 4 is 23.3 Å². The Hall–Kier alpha value is -4.04. The van der Waals surface area contributed by atoms with Crippen LogP contribution in [0.1, 0.15) is 39.5 Å². The third-order valence-corrected chi connectivity index (χ3v) is 6.16. The zero-order valence-corrected chi connectivity index (χ0v) is 19.2. The fourth-order valence-electron chi connectivity index (χ4n) is 4.13. The summed E-state index contributed by atoms with van der Waals surface area (Å²) in [6.07, 6.45) is 5.32. The molecule has 1 saturated heterocycles. The van der Waals surface area contributed by atoms with E-state index in [4.69, 9.17) is 21.4 Å². The van der Waals surface area contributed by atoms with Crippen molar-refractivity contribution in [2.45, 2.75) is 18.6 Å². The Balaban J connectivity index is 1.49. The second kappa shape index (κ2) is 9.44. The van der Waals surface area contributed by atoms with Gasteiger partial charge in [0.15, 0.2) is 5.11 Å². The highest BCUT2D eigenvalue weighted by atomic mass is 32.1. The second-order valence-electron chi connectivity index (χ2n) is 7.88. The molecule has 4 heterocycles. The molecule has 170 valence electrons. The summed E-state index contributed by atoms with van der Waals surface area (Å²) in [7, 11) is 1.37. The number of hydrogen-bond donors (Lipinski definition) is 1. The predicted molar refractivity (Wildman–Crippen MR) is 131 cm³/mol. The molecule has 7 nitrogen and oxygen atoms in total. The summed E-state index contributed by atoms with van der Waals surface area (Å²) in [5, 5.41) is 4.07. The first-order chi connectivity index (χ1) is 16.6. The van der Waals surface area contributed by atoms with Crippen LogP contribution in [0.25, 0.3) is 11.3 Å². The molecule has 0 unspecified atom stereocenters. The van der Waals surface area contributed by atoms with E-state index in [0.29, 0.717) is 23.0 Å². The molecule has 34 heavy (non-hydrogen) atoms. The Labute approximate surface area is 202 Å². The number of furan rings is 1. The Morgan fingerprint density at radius 2 is 1.85 bits per heavy atom. The molecule has 0 amide bonds. The second-order valence-corrected chi connectivity index (χ2v) is 8.27. The van der Waals surface area contributed by atoms with Gasteiger partial charge in [-0.05, 0) is 66.3 Å². The fourth-order valence-corrected chi connectivity index (χ4v) is 4.43. The summed E-state index contributed by atoms with van der Waals surface area (Å²) in [4.78, 5) is 22.5. The van der Waals surface area contributed by atoms with E-state index in [1.807, 2.05) is 54.6 Å². The summed E-state index contributed by atoms with van der Waals surface area (Å²) >= 11 is 5.73. The van der Waals surface area contributed by atoms with Gasteiger partial charge < -0.3 is 19.4 Å². The number of aromatic nitrogens is 2. The molecular formula is C26H22N4O3S. The zero-order valence-electron chi connectivity index (χ0n) is 18.4. The molecule has 5 rings (SSSR count). The van der Waals surface area contributed by atoms with Crippen LogP contribution in [0.5, 0.6) is 0 Å². The lowest BCUT2D eigenvalue weighted by Crippen LogP contribution is -2.29. The lowest BCUT2D eigenvalue weighted by Gasteiger charge is -2.26. The minimum Gasteiger partial charge on any atom is -0.465 e. The highest BCUT2D eigenvalue weighted by Crippen LogP contribution is 2.41.